The number of nitrogens with one attached hydrogen (secondary N) is 1. The lowest BCUT2D eigenvalue weighted by molar-refractivity contribution is 0.307. The number of ether oxygens (including phenoxy) is 1. The molecule has 2 aromatic carbocycles. The lowest BCUT2D eigenvalue weighted by atomic mass is 9.89. The number of imidazole rings is 1. The van der Waals surface area contributed by atoms with Crippen molar-refractivity contribution in [3.63, 3.8) is 0 Å². The Bertz CT molecular complexity index is 1760. The topological polar surface area (TPSA) is 98.8 Å². The van der Waals surface area contributed by atoms with Crippen molar-refractivity contribution >= 4 is 22.3 Å². The number of allylic oxidation sites excluding steroid dienone is 1. The second kappa shape index (κ2) is 8.89. The van der Waals surface area contributed by atoms with Crippen LogP contribution in [0.4, 0.5) is 0 Å². The lowest BCUT2D eigenvalue weighted by Crippen LogP contribution is -2.07. The zero-order chi connectivity index (χ0) is 25.7. The van der Waals surface area contributed by atoms with E-state index in [2.05, 4.69) is 52.8 Å². The number of H-pyrrole nitrogens is 1. The Labute approximate surface area is 213 Å². The van der Waals surface area contributed by atoms with Gasteiger partial charge in [0, 0.05) is 23.3 Å². The van der Waals surface area contributed by atoms with Gasteiger partial charge in [-0.05, 0) is 66.8 Å². The average Bonchev–Trinajstić information content (AvgIpc) is 3.43. The molecule has 0 unspecified atom stereocenters. The number of rotatable bonds is 4. The van der Waals surface area contributed by atoms with Crippen LogP contribution in [-0.2, 0) is 19.6 Å². The summed E-state index contributed by atoms with van der Waals surface area (Å²) in [7, 11) is 0. The molecule has 1 aliphatic heterocycles. The molecule has 6 rings (SSSR count). The number of aromatic nitrogens is 5. The second-order valence-corrected chi connectivity index (χ2v) is 9.44. The first-order chi connectivity index (χ1) is 17.9. The number of hydrogen-bond acceptors (Lipinski definition) is 6. The first-order valence-electron chi connectivity index (χ1n) is 12.4. The van der Waals surface area contributed by atoms with Crippen LogP contribution in [0, 0.1) is 13.8 Å². The Kier molecular flexibility index (Phi) is 5.52. The molecular weight excluding hydrogens is 466 g/mol. The van der Waals surface area contributed by atoms with Gasteiger partial charge in [0.05, 0.1) is 6.54 Å². The van der Waals surface area contributed by atoms with Crippen LogP contribution in [0.3, 0.4) is 0 Å². The molecule has 4 heterocycles. The number of fused-ring (bicyclic) bond motifs is 3. The van der Waals surface area contributed by atoms with E-state index in [-0.39, 0.29) is 0 Å². The Morgan fingerprint density at radius 1 is 1.08 bits per heavy atom. The molecule has 0 aliphatic carbocycles. The number of aromatic amines is 1. The van der Waals surface area contributed by atoms with Crippen molar-refractivity contribution in [1.29, 1.82) is 0 Å². The van der Waals surface area contributed by atoms with Crippen molar-refractivity contribution in [2.24, 2.45) is 0 Å². The van der Waals surface area contributed by atoms with Crippen molar-refractivity contribution in [3.05, 3.63) is 104 Å². The Morgan fingerprint density at radius 3 is 2.70 bits per heavy atom. The van der Waals surface area contributed by atoms with Crippen molar-refractivity contribution in [1.82, 2.24) is 24.7 Å². The zero-order valence-electron chi connectivity index (χ0n) is 21.3. The van der Waals surface area contributed by atoms with Gasteiger partial charge >= 0.3 is 5.76 Å². The smallest absolute Gasteiger partial charge is 0.439 e. The van der Waals surface area contributed by atoms with E-state index in [0.29, 0.717) is 19.0 Å². The van der Waals surface area contributed by atoms with E-state index in [9.17, 15) is 4.79 Å². The van der Waals surface area contributed by atoms with Crippen LogP contribution >= 0.6 is 0 Å². The fraction of sp³-hybridized carbons (Fsp3) is 0.241. The highest BCUT2D eigenvalue weighted by atomic mass is 16.5. The summed E-state index contributed by atoms with van der Waals surface area (Å²) >= 11 is 0. The van der Waals surface area contributed by atoms with E-state index in [1.54, 1.807) is 0 Å². The molecule has 8 nitrogen and oxygen atoms in total. The van der Waals surface area contributed by atoms with E-state index in [1.807, 2.05) is 38.1 Å². The predicted molar refractivity (Wildman–Crippen MR) is 141 cm³/mol. The maximum Gasteiger partial charge on any atom is 0.439 e. The fourth-order valence-corrected chi connectivity index (χ4v) is 5.19. The highest BCUT2D eigenvalue weighted by molar-refractivity contribution is 5.99. The Hall–Kier alpha value is -4.46. The highest BCUT2D eigenvalue weighted by Gasteiger charge is 2.23. The molecule has 0 fully saturated rings. The van der Waals surface area contributed by atoms with Gasteiger partial charge in [0.2, 0.25) is 0 Å². The van der Waals surface area contributed by atoms with Gasteiger partial charge in [0.25, 0.3) is 0 Å². The summed E-state index contributed by atoms with van der Waals surface area (Å²) in [4.78, 5) is 24.1. The van der Waals surface area contributed by atoms with Crippen LogP contribution in [0.2, 0.25) is 0 Å². The Morgan fingerprint density at radius 2 is 1.92 bits per heavy atom. The first kappa shape index (κ1) is 23.0. The third-order valence-electron chi connectivity index (χ3n) is 6.91. The Balaban J connectivity index is 1.49. The van der Waals surface area contributed by atoms with Gasteiger partial charge in [0.15, 0.2) is 11.5 Å². The number of para-hydroxylation sites is 1. The minimum Gasteiger partial charge on any atom is -0.488 e. The molecule has 3 aromatic heterocycles. The number of pyridine rings is 1. The highest BCUT2D eigenvalue weighted by Crippen LogP contribution is 2.40. The lowest BCUT2D eigenvalue weighted by Gasteiger charge is -2.15. The molecule has 186 valence electrons. The summed E-state index contributed by atoms with van der Waals surface area (Å²) in [5.74, 6) is 1.62. The number of hydrogen-bond donors (Lipinski definition) is 1. The molecule has 37 heavy (non-hydrogen) atoms. The van der Waals surface area contributed by atoms with Crippen molar-refractivity contribution in [2.45, 2.75) is 47.3 Å². The largest absolute Gasteiger partial charge is 0.488 e. The molecule has 0 bridgehead atoms. The summed E-state index contributed by atoms with van der Waals surface area (Å²) in [6.07, 6.45) is 0.820. The van der Waals surface area contributed by atoms with Gasteiger partial charge in [-0.1, -0.05) is 42.4 Å². The second-order valence-electron chi connectivity index (χ2n) is 9.44. The summed E-state index contributed by atoms with van der Waals surface area (Å²) in [6, 6.07) is 16.5. The summed E-state index contributed by atoms with van der Waals surface area (Å²) in [5, 5.41) is 3.94. The van der Waals surface area contributed by atoms with Crippen LogP contribution in [0.1, 0.15) is 59.0 Å². The van der Waals surface area contributed by atoms with Crippen LogP contribution in [0.25, 0.3) is 22.3 Å². The van der Waals surface area contributed by atoms with Crippen LogP contribution < -0.4 is 10.5 Å². The molecular formula is C29H27N5O3. The normalized spacial score (nSPS) is 14.2. The van der Waals surface area contributed by atoms with Crippen LogP contribution in [0.15, 0.2) is 57.8 Å². The van der Waals surface area contributed by atoms with E-state index in [1.165, 1.54) is 0 Å². The number of nitrogens with zero attached hydrogens (tertiary/aromatic N) is 4. The average molecular weight is 494 g/mol. The molecule has 0 radical (unpaired) electrons. The molecule has 0 saturated carbocycles. The first-order valence-corrected chi connectivity index (χ1v) is 12.4. The quantitative estimate of drug-likeness (QED) is 0.369. The van der Waals surface area contributed by atoms with Gasteiger partial charge < -0.3 is 9.30 Å². The van der Waals surface area contributed by atoms with Gasteiger partial charge in [-0.2, -0.15) is 0 Å². The molecule has 8 heteroatoms. The molecule has 0 spiro atoms. The molecule has 0 atom stereocenters. The molecule has 0 amide bonds. The maximum absolute atomic E-state index is 11.7. The minimum atomic E-state index is -0.581. The summed E-state index contributed by atoms with van der Waals surface area (Å²) in [5.41, 5.74) is 9.92. The SMILES string of the molecule is CCc1nc2c(C)cc(C)nc2n1Cc1ccc2c(c1)COc1ccccc1/C2=C(/C)c1noc(=O)[nH]1. The predicted octanol–water partition coefficient (Wildman–Crippen LogP) is 5.21. The number of aryl methyl sites for hydroxylation is 3. The van der Waals surface area contributed by atoms with Crippen LogP contribution in [-0.4, -0.2) is 24.7 Å². The third kappa shape index (κ3) is 3.94. The molecule has 1 N–H and O–H groups in total. The van der Waals surface area contributed by atoms with Crippen LogP contribution in [0.5, 0.6) is 5.75 Å². The van der Waals surface area contributed by atoms with E-state index < -0.39 is 5.76 Å². The van der Waals surface area contributed by atoms with Crippen molar-refractivity contribution < 1.29 is 9.26 Å². The van der Waals surface area contributed by atoms with E-state index in [0.717, 1.165) is 73.8 Å². The van der Waals surface area contributed by atoms with E-state index in [4.69, 9.17) is 19.2 Å². The fourth-order valence-electron chi connectivity index (χ4n) is 5.19. The summed E-state index contributed by atoms with van der Waals surface area (Å²) in [6.45, 7) is 9.24. The summed E-state index contributed by atoms with van der Waals surface area (Å²) < 4.78 is 13.3. The minimum absolute atomic E-state index is 0.404. The standard InChI is InChI=1S/C29H27N5O3/c1-5-24-31-26-16(2)12-17(3)30-28(26)34(24)14-19-10-11-21-20(13-19)15-36-23-9-7-6-8-22(23)25(21)18(4)27-32-29(35)37-33-27/h6-13H,5,14-15H2,1-4H3,(H,32,33,35)/b25-18-. The zero-order valence-corrected chi connectivity index (χ0v) is 21.3. The van der Waals surface area contributed by atoms with Gasteiger partial charge in [-0.25, -0.2) is 14.8 Å². The monoisotopic (exact) mass is 493 g/mol. The number of benzene rings is 2. The molecule has 5 aromatic rings. The molecule has 1 aliphatic rings. The van der Waals surface area contributed by atoms with Crippen molar-refractivity contribution in [3.8, 4) is 5.75 Å². The third-order valence-corrected chi connectivity index (χ3v) is 6.91. The molecule has 0 saturated heterocycles. The maximum atomic E-state index is 11.7. The van der Waals surface area contributed by atoms with E-state index >= 15 is 0 Å². The van der Waals surface area contributed by atoms with Gasteiger partial charge in [-0.3, -0.25) is 9.51 Å². The van der Waals surface area contributed by atoms with Gasteiger partial charge in [-0.15, -0.1) is 0 Å². The van der Waals surface area contributed by atoms with Crippen molar-refractivity contribution in [2.75, 3.05) is 0 Å². The van der Waals surface area contributed by atoms with Gasteiger partial charge in [0.1, 0.15) is 23.7 Å².